The van der Waals surface area contributed by atoms with Crippen molar-refractivity contribution in [2.45, 2.75) is 6.54 Å². The lowest BCUT2D eigenvalue weighted by Crippen LogP contribution is -1.91. The third-order valence-electron chi connectivity index (χ3n) is 2.07. The lowest BCUT2D eigenvalue weighted by Gasteiger charge is -1.99. The van der Waals surface area contributed by atoms with Crippen LogP contribution in [0, 0.1) is 0 Å². The van der Waals surface area contributed by atoms with Gasteiger partial charge in [-0.1, -0.05) is 40.2 Å². The molecule has 0 atom stereocenters. The number of allylic oxidation sites excluding steroid dienone is 1. The van der Waals surface area contributed by atoms with Crippen LogP contribution in [0.15, 0.2) is 47.6 Å². The standard InChI is InChI=1S/C11H10BrN/c12-7-3-8-13-9-6-10-4-1-2-5-11(10)13/h1-7,9H,8H2/b7-3+. The third kappa shape index (κ3) is 1.68. The second-order valence-electron chi connectivity index (χ2n) is 2.89. The predicted molar refractivity (Wildman–Crippen MR) is 60.0 cm³/mol. The van der Waals surface area contributed by atoms with Gasteiger partial charge in [-0.2, -0.15) is 0 Å². The smallest absolute Gasteiger partial charge is 0.0483 e. The molecule has 0 amide bonds. The predicted octanol–water partition coefficient (Wildman–Crippen LogP) is 3.55. The highest BCUT2D eigenvalue weighted by molar-refractivity contribution is 9.11. The van der Waals surface area contributed by atoms with Crippen molar-refractivity contribution in [1.82, 2.24) is 4.57 Å². The zero-order valence-corrected chi connectivity index (χ0v) is 8.74. The van der Waals surface area contributed by atoms with Crippen LogP contribution >= 0.6 is 15.9 Å². The van der Waals surface area contributed by atoms with E-state index in [1.165, 1.54) is 10.9 Å². The molecular formula is C11H10BrN. The summed E-state index contributed by atoms with van der Waals surface area (Å²) in [7, 11) is 0. The second kappa shape index (κ2) is 3.79. The van der Waals surface area contributed by atoms with Gasteiger partial charge >= 0.3 is 0 Å². The molecule has 2 heteroatoms. The molecular weight excluding hydrogens is 226 g/mol. The molecule has 66 valence electrons. The van der Waals surface area contributed by atoms with Gasteiger partial charge in [0.2, 0.25) is 0 Å². The van der Waals surface area contributed by atoms with Gasteiger partial charge < -0.3 is 4.57 Å². The van der Waals surface area contributed by atoms with Crippen molar-refractivity contribution in [2.24, 2.45) is 0 Å². The number of hydrogen-bond acceptors (Lipinski definition) is 0. The highest BCUT2D eigenvalue weighted by Crippen LogP contribution is 2.14. The highest BCUT2D eigenvalue weighted by atomic mass is 79.9. The van der Waals surface area contributed by atoms with Crippen molar-refractivity contribution in [1.29, 1.82) is 0 Å². The van der Waals surface area contributed by atoms with Gasteiger partial charge in [0, 0.05) is 18.3 Å². The van der Waals surface area contributed by atoms with E-state index in [2.05, 4.69) is 63.1 Å². The number of benzene rings is 1. The molecule has 0 unspecified atom stereocenters. The van der Waals surface area contributed by atoms with E-state index in [0.717, 1.165) is 6.54 Å². The fourth-order valence-corrected chi connectivity index (χ4v) is 1.62. The third-order valence-corrected chi connectivity index (χ3v) is 2.45. The molecule has 0 saturated heterocycles. The Labute approximate surface area is 85.8 Å². The molecule has 2 aromatic rings. The van der Waals surface area contributed by atoms with E-state index in [9.17, 15) is 0 Å². The summed E-state index contributed by atoms with van der Waals surface area (Å²) in [6, 6.07) is 10.5. The zero-order chi connectivity index (χ0) is 9.10. The van der Waals surface area contributed by atoms with Crippen molar-refractivity contribution in [3.05, 3.63) is 47.6 Å². The van der Waals surface area contributed by atoms with Gasteiger partial charge in [0.25, 0.3) is 0 Å². The van der Waals surface area contributed by atoms with Crippen LogP contribution in [-0.4, -0.2) is 4.57 Å². The molecule has 0 fully saturated rings. The number of rotatable bonds is 2. The largest absolute Gasteiger partial charge is 0.344 e. The van der Waals surface area contributed by atoms with Crippen LogP contribution < -0.4 is 0 Å². The molecule has 0 radical (unpaired) electrons. The van der Waals surface area contributed by atoms with Gasteiger partial charge in [-0.05, 0) is 22.5 Å². The van der Waals surface area contributed by atoms with Crippen LogP contribution in [-0.2, 0) is 6.54 Å². The molecule has 1 heterocycles. The molecule has 0 aliphatic carbocycles. The van der Waals surface area contributed by atoms with Crippen LogP contribution in [0.25, 0.3) is 10.9 Å². The number of para-hydroxylation sites is 1. The summed E-state index contributed by atoms with van der Waals surface area (Å²) in [6.07, 6.45) is 4.18. The Morgan fingerprint density at radius 2 is 2.08 bits per heavy atom. The van der Waals surface area contributed by atoms with Gasteiger partial charge in [0.15, 0.2) is 0 Å². The summed E-state index contributed by atoms with van der Waals surface area (Å²) in [6.45, 7) is 0.915. The second-order valence-corrected chi connectivity index (χ2v) is 3.42. The fourth-order valence-electron chi connectivity index (χ4n) is 1.45. The SMILES string of the molecule is Br/C=C/Cn1ccc2ccccc21. The molecule has 0 saturated carbocycles. The van der Waals surface area contributed by atoms with E-state index < -0.39 is 0 Å². The van der Waals surface area contributed by atoms with Crippen molar-refractivity contribution in [3.63, 3.8) is 0 Å². The monoisotopic (exact) mass is 235 g/mol. The van der Waals surface area contributed by atoms with Crippen molar-refractivity contribution >= 4 is 26.8 Å². The Hall–Kier alpha value is -1.02. The molecule has 1 aromatic heterocycles. The number of halogens is 1. The summed E-state index contributed by atoms with van der Waals surface area (Å²) < 4.78 is 2.22. The Bertz CT molecular complexity index is 428. The maximum Gasteiger partial charge on any atom is 0.0483 e. The summed E-state index contributed by atoms with van der Waals surface area (Å²) >= 11 is 3.27. The summed E-state index contributed by atoms with van der Waals surface area (Å²) in [5, 5.41) is 1.30. The average Bonchev–Trinajstić information content (AvgIpc) is 2.58. The molecule has 0 aliphatic heterocycles. The highest BCUT2D eigenvalue weighted by Gasteiger charge is 1.96. The summed E-state index contributed by atoms with van der Waals surface area (Å²) in [5.41, 5.74) is 1.29. The molecule has 0 aliphatic rings. The van der Waals surface area contributed by atoms with Gasteiger partial charge in [0.1, 0.15) is 0 Å². The first kappa shape index (κ1) is 8.57. The number of aromatic nitrogens is 1. The Balaban J connectivity index is 2.45. The summed E-state index contributed by atoms with van der Waals surface area (Å²) in [4.78, 5) is 1.89. The average molecular weight is 236 g/mol. The fraction of sp³-hybridized carbons (Fsp3) is 0.0909. The molecule has 0 spiro atoms. The quantitative estimate of drug-likeness (QED) is 0.751. The molecule has 2 rings (SSSR count). The maximum atomic E-state index is 3.27. The number of fused-ring (bicyclic) bond motifs is 1. The Morgan fingerprint density at radius 1 is 1.23 bits per heavy atom. The molecule has 1 aromatic carbocycles. The molecule has 0 bridgehead atoms. The van der Waals surface area contributed by atoms with Gasteiger partial charge in [0.05, 0.1) is 0 Å². The zero-order valence-electron chi connectivity index (χ0n) is 7.15. The minimum atomic E-state index is 0.915. The van der Waals surface area contributed by atoms with Gasteiger partial charge in [-0.3, -0.25) is 0 Å². The topological polar surface area (TPSA) is 4.93 Å². The van der Waals surface area contributed by atoms with Gasteiger partial charge in [-0.15, -0.1) is 0 Å². The first-order chi connectivity index (χ1) is 6.42. The lowest BCUT2D eigenvalue weighted by atomic mass is 10.2. The maximum absolute atomic E-state index is 3.27. The van der Waals surface area contributed by atoms with Gasteiger partial charge in [-0.25, -0.2) is 0 Å². The first-order valence-electron chi connectivity index (χ1n) is 4.21. The van der Waals surface area contributed by atoms with Crippen LogP contribution in [0.5, 0.6) is 0 Å². The van der Waals surface area contributed by atoms with E-state index in [4.69, 9.17) is 0 Å². The van der Waals surface area contributed by atoms with E-state index >= 15 is 0 Å². The van der Waals surface area contributed by atoms with E-state index in [1.54, 1.807) is 0 Å². The van der Waals surface area contributed by atoms with Crippen molar-refractivity contribution in [2.75, 3.05) is 0 Å². The minimum Gasteiger partial charge on any atom is -0.344 e. The van der Waals surface area contributed by atoms with Crippen molar-refractivity contribution in [3.8, 4) is 0 Å². The first-order valence-corrected chi connectivity index (χ1v) is 5.12. The lowest BCUT2D eigenvalue weighted by molar-refractivity contribution is 0.865. The molecule has 0 N–H and O–H groups in total. The normalized spacial score (nSPS) is 11.5. The van der Waals surface area contributed by atoms with E-state index in [1.807, 2.05) is 4.99 Å². The minimum absolute atomic E-state index is 0.915. The van der Waals surface area contributed by atoms with Crippen LogP contribution in [0.4, 0.5) is 0 Å². The van der Waals surface area contributed by atoms with E-state index in [0.29, 0.717) is 0 Å². The molecule has 13 heavy (non-hydrogen) atoms. The van der Waals surface area contributed by atoms with Crippen molar-refractivity contribution < 1.29 is 0 Å². The number of hydrogen-bond donors (Lipinski definition) is 0. The van der Waals surface area contributed by atoms with Crippen LogP contribution in [0.3, 0.4) is 0 Å². The Kier molecular flexibility index (Phi) is 2.50. The van der Waals surface area contributed by atoms with E-state index in [-0.39, 0.29) is 0 Å². The number of nitrogens with zero attached hydrogens (tertiary/aromatic N) is 1. The Morgan fingerprint density at radius 3 is 2.92 bits per heavy atom. The molecule has 1 nitrogen and oxygen atoms in total. The van der Waals surface area contributed by atoms with Crippen LogP contribution in [0.2, 0.25) is 0 Å². The summed E-state index contributed by atoms with van der Waals surface area (Å²) in [5.74, 6) is 0. The van der Waals surface area contributed by atoms with Crippen LogP contribution in [0.1, 0.15) is 0 Å².